The molecular weight excluding hydrogens is 1740 g/mol. The Morgan fingerprint density at radius 3 is 1.34 bits per heavy atom. The van der Waals surface area contributed by atoms with Gasteiger partial charge in [0, 0.05) is 66.5 Å². The summed E-state index contributed by atoms with van der Waals surface area (Å²) in [6.45, 7) is 66.2. The van der Waals surface area contributed by atoms with Crippen molar-refractivity contribution < 1.29 is 115 Å². The molecule has 8 N–H and O–H groups in total. The molecule has 2 aromatic heterocycles. The number of rotatable bonds is 34. The van der Waals surface area contributed by atoms with Gasteiger partial charge in [-0.2, -0.15) is 19.9 Å². The maximum atomic E-state index is 11.8. The van der Waals surface area contributed by atoms with Gasteiger partial charge in [-0.25, -0.2) is 48.3 Å². The molecule has 4 amide bonds. The van der Waals surface area contributed by atoms with E-state index >= 15 is 0 Å². The lowest BCUT2D eigenvalue weighted by Gasteiger charge is -2.13. The molecule has 0 spiro atoms. The fourth-order valence-corrected chi connectivity index (χ4v) is 9.41. The predicted octanol–water partition coefficient (Wildman–Crippen LogP) is 13.4. The van der Waals surface area contributed by atoms with E-state index < -0.39 is 77.6 Å². The Kier molecular flexibility index (Phi) is 56.2. The van der Waals surface area contributed by atoms with E-state index in [9.17, 15) is 86.6 Å². The number of nitrogens with one attached hydrogen (secondary N) is 4. The van der Waals surface area contributed by atoms with Crippen molar-refractivity contribution in [1.82, 2.24) is 40.5 Å². The standard InChI is InChI=1S/C17H22O3.C14H16N4O2.C14H16O3.C12H13NO3.C11H10O4.C10H12N4O.C10H15NO4.C9H13NO4S/c1-11(2)10-14-6-8-15(9-7-14)13(5)17(19)20-16(18)12(3)4;1-6-11-15-12(7-10(19)8(2)3)17-14(16-11)18-13(20)9(4)5;1-4-17-14(16)12-7-5-11(6-8-12)9-13(15)10(2)3;1-8(2)12(15)16-11-6-4-10(5-7-11)13-9(3)14;1-7(2)10(13)15-11(14)8-5-3-4-6-9(8)12;1-4-8-12-9(14-10(11)13-8)5-7(15)6(2)3;1-5-8(11-7(4)12)10(14)15-9(13)6(2)3;1-5(2)9(14)15-4-7(8(12)13)10-6(3)11/h6-9,11,13H,3,10H2,1-2,4-5H3;6H,1-2,4,7H2,3,5H3,(H,15,16,17,18,20);5-8H,2,4,9H2,1,3H3;4-7H,1H2,2-3H3,(H,13,14);3-6,12H,1H2,2H3;4H,1-2,5H2,3H3,(H2,11,12,13,14);8H,2,5H2,1,3-4H3,(H,11,12);7H,1,4H2,2-3H3,(H,10,11)(H,12,13)/t;;;;;;8-;7-/m......00/s1. The molecule has 0 aliphatic rings. The molecule has 0 aliphatic heterocycles. The Morgan fingerprint density at radius 2 is 0.917 bits per heavy atom. The number of allylic oxidation sites excluding steroid dienone is 3. The Hall–Kier alpha value is -15.6. The topological polar surface area (TPSA) is 528 Å². The minimum absolute atomic E-state index is 0.000602. The number of nitrogens with zero attached hydrogens (tertiary/aromatic N) is 6. The van der Waals surface area contributed by atoms with Crippen molar-refractivity contribution in [1.29, 1.82) is 0 Å². The molecular formula is C97H117N11O24S. The molecule has 710 valence electrons. The number of carboxylic acid groups (broad SMARTS) is 1. The number of phenolic OH excluding ortho intramolecular Hbond substituents is 1. The number of aromatic hydroxyl groups is 1. The van der Waals surface area contributed by atoms with Gasteiger partial charge in [0.25, 0.3) is 5.91 Å². The maximum absolute atomic E-state index is 11.8. The number of esters is 8. The number of ketones is 3. The number of Topliss-reactive ketones (excluding diaryl/α,β-unsaturated/α-hetero) is 3. The molecule has 0 saturated heterocycles. The summed E-state index contributed by atoms with van der Waals surface area (Å²) in [6.07, 6.45) is 4.63. The number of benzene rings is 4. The average molecular weight is 1850 g/mol. The van der Waals surface area contributed by atoms with Crippen LogP contribution in [0.15, 0.2) is 220 Å². The number of aliphatic carboxylic acids is 1. The van der Waals surface area contributed by atoms with Crippen molar-refractivity contribution >= 4 is 141 Å². The van der Waals surface area contributed by atoms with Crippen LogP contribution >= 0.6 is 11.8 Å². The van der Waals surface area contributed by atoms with E-state index in [0.29, 0.717) is 87.5 Å². The van der Waals surface area contributed by atoms with Gasteiger partial charge < -0.3 is 55.6 Å². The number of nitrogens with two attached hydrogens (primary N) is 1. The highest BCUT2D eigenvalue weighted by Crippen LogP contribution is 2.22. The number of hydrogen-bond acceptors (Lipinski definition) is 31. The van der Waals surface area contributed by atoms with Gasteiger partial charge in [0.15, 0.2) is 29.0 Å². The summed E-state index contributed by atoms with van der Waals surface area (Å²) in [5, 5.41) is 27.4. The normalized spacial score (nSPS) is 10.4. The second kappa shape index (κ2) is 62.6. The van der Waals surface area contributed by atoms with Crippen LogP contribution in [0.2, 0.25) is 0 Å². The molecule has 35 nitrogen and oxygen atoms in total. The van der Waals surface area contributed by atoms with E-state index in [0.717, 1.165) is 29.3 Å². The van der Waals surface area contributed by atoms with Crippen molar-refractivity contribution in [2.75, 3.05) is 28.7 Å². The third kappa shape index (κ3) is 51.8. The van der Waals surface area contributed by atoms with E-state index in [-0.39, 0.29) is 110 Å². The first kappa shape index (κ1) is 119. The molecule has 3 atom stereocenters. The maximum Gasteiger partial charge on any atom is 0.349 e. The number of thioether (sulfide) groups is 1. The molecule has 0 bridgehead atoms. The minimum atomic E-state index is -1.16. The number of nitrogen functional groups attached to an aromatic ring is 1. The number of ether oxygens (including phenoxy) is 5. The largest absolute Gasteiger partial charge is 0.507 e. The van der Waals surface area contributed by atoms with Gasteiger partial charge >= 0.3 is 53.7 Å². The highest BCUT2D eigenvalue weighted by Gasteiger charge is 2.25. The first-order chi connectivity index (χ1) is 61.9. The molecule has 4 aromatic carbocycles. The lowest BCUT2D eigenvalue weighted by molar-refractivity contribution is -0.160. The summed E-state index contributed by atoms with van der Waals surface area (Å²) < 4.78 is 23.5. The zero-order chi connectivity index (χ0) is 102. The summed E-state index contributed by atoms with van der Waals surface area (Å²) in [5.74, 6) is -6.32. The SMILES string of the molecule is C=C(C)C(=O)Cc1ccc(C(=O)OCC)cc1.C=C(C)C(=O)OC(=O)C(C)c1ccc(CC(C)C)cc1.C=C(C)C(=O)OC(=O)[C@H](CC)NC(C)=O.C=C(C)C(=O)OC(=O)c1ccccc1O.C=C(C)C(=O)Oc1ccc(NC(C)=O)cc1.C=C(C)C(=O)SC[C@H](NC(C)=O)C(=O)O.C=Cc1nc(CC(=O)C(=C)C)nc(NC(=O)C(=C)C)n1.C=Cc1nc(N)nc(CC(=O)C(=C)C)n1. The fourth-order valence-electron chi connectivity index (χ4n) is 8.62. The van der Waals surface area contributed by atoms with Gasteiger partial charge in [0.2, 0.25) is 34.7 Å². The summed E-state index contributed by atoms with van der Waals surface area (Å²) >= 11 is 0.829. The van der Waals surface area contributed by atoms with Crippen molar-refractivity contribution in [3.63, 3.8) is 0 Å². The average Bonchev–Trinajstić information content (AvgIpc) is 0.827. The Balaban J connectivity index is 0. The molecule has 6 rings (SSSR count). The van der Waals surface area contributed by atoms with E-state index in [2.05, 4.69) is 147 Å². The van der Waals surface area contributed by atoms with Gasteiger partial charge in [-0.3, -0.25) is 48.5 Å². The molecule has 0 aliphatic carbocycles. The minimum Gasteiger partial charge on any atom is -0.507 e. The molecule has 2 heterocycles. The number of carbonyl (C=O) groups excluding carboxylic acids is 16. The zero-order valence-corrected chi connectivity index (χ0v) is 78.8. The second-order valence-corrected chi connectivity index (χ2v) is 30.1. The molecule has 0 saturated carbocycles. The van der Waals surface area contributed by atoms with Gasteiger partial charge in [-0.15, -0.1) is 0 Å². The van der Waals surface area contributed by atoms with Crippen LogP contribution in [0.4, 0.5) is 17.6 Å². The summed E-state index contributed by atoms with van der Waals surface area (Å²) in [5.41, 5.74) is 12.4. The number of phenols is 1. The lowest BCUT2D eigenvalue weighted by atomic mass is 9.97. The van der Waals surface area contributed by atoms with Crippen LogP contribution in [0.5, 0.6) is 11.5 Å². The van der Waals surface area contributed by atoms with Gasteiger partial charge in [0.1, 0.15) is 40.8 Å². The van der Waals surface area contributed by atoms with E-state index in [1.165, 1.54) is 71.4 Å². The number of aromatic nitrogens is 6. The van der Waals surface area contributed by atoms with Crippen LogP contribution in [0.3, 0.4) is 0 Å². The molecule has 0 fully saturated rings. The van der Waals surface area contributed by atoms with Gasteiger partial charge in [0.05, 0.1) is 30.9 Å². The second-order valence-electron chi connectivity index (χ2n) is 29.1. The Bertz CT molecular complexity index is 5300. The van der Waals surface area contributed by atoms with Gasteiger partial charge in [-0.05, 0) is 195 Å². The van der Waals surface area contributed by atoms with Crippen LogP contribution in [-0.4, -0.2) is 164 Å². The quantitative estimate of drug-likeness (QED) is 0.00648. The predicted molar refractivity (Wildman–Crippen MR) is 506 cm³/mol. The van der Waals surface area contributed by atoms with Crippen LogP contribution in [-0.2, 0) is 117 Å². The molecule has 6 aromatic rings. The van der Waals surface area contributed by atoms with Crippen LogP contribution in [0.25, 0.3) is 12.2 Å². The van der Waals surface area contributed by atoms with Crippen molar-refractivity contribution in [2.45, 2.75) is 168 Å². The third-order valence-electron chi connectivity index (χ3n) is 15.7. The first-order valence-electron chi connectivity index (χ1n) is 40.2. The van der Waals surface area contributed by atoms with Crippen molar-refractivity contribution in [3.05, 3.63) is 271 Å². The molecule has 36 heteroatoms. The van der Waals surface area contributed by atoms with E-state index in [1.54, 1.807) is 123 Å². The summed E-state index contributed by atoms with van der Waals surface area (Å²) in [7, 11) is 0. The van der Waals surface area contributed by atoms with Crippen molar-refractivity contribution in [3.8, 4) is 11.5 Å². The van der Waals surface area contributed by atoms with Crippen LogP contribution in [0, 0.1) is 5.92 Å². The molecule has 0 radical (unpaired) electrons. The monoisotopic (exact) mass is 1850 g/mol. The number of hydrogen-bond donors (Lipinski definition) is 7. The van der Waals surface area contributed by atoms with Crippen LogP contribution in [0.1, 0.15) is 191 Å². The number of carbonyl (C=O) groups is 17. The Labute approximate surface area is 778 Å². The number of amides is 4. The molecule has 1 unspecified atom stereocenters. The fraction of sp³-hybridized carbons (Fsp3) is 0.289. The summed E-state index contributed by atoms with van der Waals surface area (Å²) in [6, 6.07) is 25.2. The zero-order valence-electron chi connectivity index (χ0n) is 78.0. The van der Waals surface area contributed by atoms with Crippen LogP contribution < -0.4 is 31.7 Å². The lowest BCUT2D eigenvalue weighted by Crippen LogP contribution is -2.41. The smallest absolute Gasteiger partial charge is 0.349 e. The number of anilines is 3. The summed E-state index contributed by atoms with van der Waals surface area (Å²) in [4.78, 5) is 214. The highest BCUT2D eigenvalue weighted by molar-refractivity contribution is 8.14. The number of para-hydroxylation sites is 1. The van der Waals surface area contributed by atoms with E-state index in [4.69, 9.17) is 25.1 Å². The van der Waals surface area contributed by atoms with Crippen molar-refractivity contribution in [2.24, 2.45) is 5.92 Å². The third-order valence-corrected chi connectivity index (χ3v) is 16.8. The first-order valence-corrected chi connectivity index (χ1v) is 41.2. The van der Waals surface area contributed by atoms with Gasteiger partial charge in [-0.1, -0.05) is 153 Å². The molecule has 133 heavy (non-hydrogen) atoms. The highest BCUT2D eigenvalue weighted by atomic mass is 32.2. The number of carboxylic acids is 1. The van der Waals surface area contributed by atoms with E-state index in [1.807, 2.05) is 24.3 Å². The Morgan fingerprint density at radius 1 is 0.466 bits per heavy atom.